The normalized spacial score (nSPS) is 21.5. The fourth-order valence-electron chi connectivity index (χ4n) is 2.43. The van der Waals surface area contributed by atoms with Crippen molar-refractivity contribution in [1.29, 1.82) is 0 Å². The average molecular weight is 266 g/mol. The van der Waals surface area contributed by atoms with E-state index in [1.54, 1.807) is 0 Å². The quantitative estimate of drug-likeness (QED) is 0.823. The van der Waals surface area contributed by atoms with Gasteiger partial charge in [-0.15, -0.1) is 0 Å². The molecule has 108 valence electrons. The minimum absolute atomic E-state index is 0.255. The van der Waals surface area contributed by atoms with Crippen molar-refractivity contribution in [1.82, 2.24) is 10.2 Å². The highest BCUT2D eigenvalue weighted by Crippen LogP contribution is 2.34. The zero-order valence-electron chi connectivity index (χ0n) is 11.6. The Labute approximate surface area is 108 Å². The van der Waals surface area contributed by atoms with Crippen molar-refractivity contribution in [3.8, 4) is 0 Å². The fourth-order valence-corrected chi connectivity index (χ4v) is 2.43. The Kier molecular flexibility index (Phi) is 5.92. The van der Waals surface area contributed by atoms with Crippen LogP contribution in [-0.4, -0.2) is 42.8 Å². The molecular formula is C13H25F3N2. The lowest BCUT2D eigenvalue weighted by molar-refractivity contribution is -0.186. The monoisotopic (exact) mass is 266 g/mol. The van der Waals surface area contributed by atoms with E-state index in [2.05, 4.69) is 31.0 Å². The molecule has 18 heavy (non-hydrogen) atoms. The minimum Gasteiger partial charge on any atom is -0.314 e. The zero-order chi connectivity index (χ0) is 13.8. The number of alkyl halides is 3. The number of hydrogen-bond acceptors (Lipinski definition) is 2. The van der Waals surface area contributed by atoms with E-state index in [0.717, 1.165) is 13.0 Å². The van der Waals surface area contributed by atoms with Gasteiger partial charge in [0.05, 0.1) is 5.92 Å². The maximum absolute atomic E-state index is 12.5. The molecule has 0 amide bonds. The number of likely N-dealkylation sites (tertiary alicyclic amines) is 1. The molecule has 0 bridgehead atoms. The van der Waals surface area contributed by atoms with E-state index in [4.69, 9.17) is 0 Å². The topological polar surface area (TPSA) is 15.3 Å². The molecule has 1 rings (SSSR count). The van der Waals surface area contributed by atoms with Gasteiger partial charge in [0.2, 0.25) is 0 Å². The van der Waals surface area contributed by atoms with Gasteiger partial charge in [-0.25, -0.2) is 0 Å². The molecule has 0 aliphatic carbocycles. The molecule has 0 aromatic rings. The number of halogens is 3. The molecule has 1 heterocycles. The molecule has 0 aromatic heterocycles. The summed E-state index contributed by atoms with van der Waals surface area (Å²) in [4.78, 5) is 2.18. The summed E-state index contributed by atoms with van der Waals surface area (Å²) in [7, 11) is 0. The van der Waals surface area contributed by atoms with Crippen LogP contribution >= 0.6 is 0 Å². The number of hydrogen-bond donors (Lipinski definition) is 1. The van der Waals surface area contributed by atoms with Gasteiger partial charge in [-0.05, 0) is 45.8 Å². The van der Waals surface area contributed by atoms with E-state index >= 15 is 0 Å². The summed E-state index contributed by atoms with van der Waals surface area (Å²) in [6.45, 7) is 8.38. The van der Waals surface area contributed by atoms with Gasteiger partial charge in [0.15, 0.2) is 0 Å². The first kappa shape index (κ1) is 15.8. The Morgan fingerprint density at radius 3 is 2.17 bits per heavy atom. The highest BCUT2D eigenvalue weighted by Gasteiger charge is 2.41. The molecule has 2 nitrogen and oxygen atoms in total. The van der Waals surface area contributed by atoms with Crippen LogP contribution in [0.25, 0.3) is 0 Å². The summed E-state index contributed by atoms with van der Waals surface area (Å²) in [5.41, 5.74) is 0. The molecule has 0 spiro atoms. The summed E-state index contributed by atoms with van der Waals surface area (Å²) in [5, 5.41) is 3.34. The molecule has 0 aromatic carbocycles. The van der Waals surface area contributed by atoms with E-state index in [1.807, 2.05) is 0 Å². The molecule has 1 aliphatic rings. The van der Waals surface area contributed by atoms with Crippen molar-refractivity contribution in [2.75, 3.05) is 19.6 Å². The Morgan fingerprint density at radius 2 is 1.72 bits per heavy atom. The molecule has 0 saturated carbocycles. The van der Waals surface area contributed by atoms with Gasteiger partial charge < -0.3 is 10.2 Å². The van der Waals surface area contributed by atoms with Gasteiger partial charge in [0, 0.05) is 12.1 Å². The number of nitrogens with zero attached hydrogens (tertiary/aromatic N) is 1. The van der Waals surface area contributed by atoms with Crippen LogP contribution in [0.1, 0.15) is 40.0 Å². The lowest BCUT2D eigenvalue weighted by Gasteiger charge is -2.36. The highest BCUT2D eigenvalue weighted by molar-refractivity contribution is 4.80. The van der Waals surface area contributed by atoms with Crippen LogP contribution in [0.15, 0.2) is 0 Å². The van der Waals surface area contributed by atoms with Gasteiger partial charge in [-0.3, -0.25) is 0 Å². The van der Waals surface area contributed by atoms with Crippen LogP contribution in [-0.2, 0) is 0 Å². The Balaban J connectivity index is 2.25. The Hall–Kier alpha value is -0.290. The number of piperidine rings is 1. The third-order valence-electron chi connectivity index (χ3n) is 3.73. The zero-order valence-corrected chi connectivity index (χ0v) is 11.6. The van der Waals surface area contributed by atoms with Crippen molar-refractivity contribution in [2.24, 2.45) is 5.92 Å². The first-order valence-corrected chi connectivity index (χ1v) is 6.85. The highest BCUT2D eigenvalue weighted by atomic mass is 19.4. The van der Waals surface area contributed by atoms with Crippen molar-refractivity contribution in [3.05, 3.63) is 0 Å². The van der Waals surface area contributed by atoms with E-state index in [9.17, 15) is 13.2 Å². The Bertz CT molecular complexity index is 233. The summed E-state index contributed by atoms with van der Waals surface area (Å²) in [5.74, 6) is -1.09. The molecular weight excluding hydrogens is 241 g/mol. The van der Waals surface area contributed by atoms with Gasteiger partial charge in [0.25, 0.3) is 0 Å². The molecule has 1 aliphatic heterocycles. The van der Waals surface area contributed by atoms with Gasteiger partial charge in [-0.1, -0.05) is 13.8 Å². The SMILES string of the molecule is CC(C)NCCC(C)N1CCC(C(F)(F)F)CC1. The van der Waals surface area contributed by atoms with Gasteiger partial charge >= 0.3 is 6.18 Å². The second kappa shape index (κ2) is 6.75. The van der Waals surface area contributed by atoms with E-state index in [1.165, 1.54) is 0 Å². The van der Waals surface area contributed by atoms with E-state index < -0.39 is 12.1 Å². The molecule has 1 atom stereocenters. The lowest BCUT2D eigenvalue weighted by Crippen LogP contribution is -2.44. The first-order chi connectivity index (χ1) is 8.30. The molecule has 0 radical (unpaired) electrons. The molecule has 1 fully saturated rings. The van der Waals surface area contributed by atoms with Crippen molar-refractivity contribution in [3.63, 3.8) is 0 Å². The fraction of sp³-hybridized carbons (Fsp3) is 1.00. The maximum atomic E-state index is 12.5. The molecule has 1 saturated heterocycles. The molecule has 1 unspecified atom stereocenters. The van der Waals surface area contributed by atoms with E-state index in [0.29, 0.717) is 25.2 Å². The number of rotatable bonds is 5. The largest absolute Gasteiger partial charge is 0.391 e. The summed E-state index contributed by atoms with van der Waals surface area (Å²) < 4.78 is 37.6. The predicted octanol–water partition coefficient (Wildman–Crippen LogP) is 3.04. The smallest absolute Gasteiger partial charge is 0.314 e. The third kappa shape index (κ3) is 5.14. The van der Waals surface area contributed by atoms with Crippen molar-refractivity contribution in [2.45, 2.75) is 58.3 Å². The second-order valence-corrected chi connectivity index (χ2v) is 5.60. The third-order valence-corrected chi connectivity index (χ3v) is 3.73. The second-order valence-electron chi connectivity index (χ2n) is 5.60. The predicted molar refractivity (Wildman–Crippen MR) is 67.6 cm³/mol. The lowest BCUT2D eigenvalue weighted by atomic mass is 9.95. The summed E-state index contributed by atoms with van der Waals surface area (Å²) in [6, 6.07) is 0.832. The molecule has 1 N–H and O–H groups in total. The minimum atomic E-state index is -4.01. The maximum Gasteiger partial charge on any atom is 0.391 e. The van der Waals surface area contributed by atoms with Crippen LogP contribution in [0.3, 0.4) is 0 Å². The number of nitrogens with one attached hydrogen (secondary N) is 1. The summed E-state index contributed by atoms with van der Waals surface area (Å²) >= 11 is 0. The van der Waals surface area contributed by atoms with Gasteiger partial charge in [-0.2, -0.15) is 13.2 Å². The van der Waals surface area contributed by atoms with Crippen LogP contribution in [0.2, 0.25) is 0 Å². The molecule has 5 heteroatoms. The summed E-state index contributed by atoms with van der Waals surface area (Å²) in [6.07, 6.45) is -2.50. The van der Waals surface area contributed by atoms with Gasteiger partial charge in [0.1, 0.15) is 0 Å². The Morgan fingerprint density at radius 1 is 1.17 bits per heavy atom. The van der Waals surface area contributed by atoms with Crippen LogP contribution in [0.5, 0.6) is 0 Å². The van der Waals surface area contributed by atoms with Crippen LogP contribution < -0.4 is 5.32 Å². The standard InChI is InChI=1S/C13H25F3N2/c1-10(2)17-7-4-11(3)18-8-5-12(6-9-18)13(14,15)16/h10-12,17H,4-9H2,1-3H3. The van der Waals surface area contributed by atoms with E-state index in [-0.39, 0.29) is 12.8 Å². The van der Waals surface area contributed by atoms with Crippen LogP contribution in [0.4, 0.5) is 13.2 Å². The first-order valence-electron chi connectivity index (χ1n) is 6.85. The van der Waals surface area contributed by atoms with Crippen molar-refractivity contribution < 1.29 is 13.2 Å². The van der Waals surface area contributed by atoms with Crippen molar-refractivity contribution >= 4 is 0 Å². The average Bonchev–Trinajstić information content (AvgIpc) is 2.27. The van der Waals surface area contributed by atoms with Crippen LogP contribution in [0, 0.1) is 5.92 Å².